The van der Waals surface area contributed by atoms with Gasteiger partial charge in [-0.2, -0.15) is 4.31 Å². The van der Waals surface area contributed by atoms with Gasteiger partial charge in [0.15, 0.2) is 0 Å². The summed E-state index contributed by atoms with van der Waals surface area (Å²) in [5.74, 6) is -0.880. The van der Waals surface area contributed by atoms with Crippen LogP contribution >= 0.6 is 0 Å². The molecule has 1 aliphatic rings. The Hall–Kier alpha value is -2.53. The van der Waals surface area contributed by atoms with E-state index in [4.69, 9.17) is 9.94 Å². The Morgan fingerprint density at radius 1 is 1.24 bits per heavy atom. The van der Waals surface area contributed by atoms with Crippen molar-refractivity contribution in [2.45, 2.75) is 36.5 Å². The normalized spacial score (nSPS) is 20.2. The van der Waals surface area contributed by atoms with Gasteiger partial charge in [-0.3, -0.25) is 10.0 Å². The number of nitrogens with zero attached hydrogens (tertiary/aromatic N) is 1. The smallest absolute Gasteiger partial charge is 0.261 e. The molecule has 1 heterocycles. The van der Waals surface area contributed by atoms with E-state index in [2.05, 4.69) is 0 Å². The predicted molar refractivity (Wildman–Crippen MR) is 100 cm³/mol. The van der Waals surface area contributed by atoms with Crippen LogP contribution in [0.2, 0.25) is 0 Å². The molecule has 2 aromatic rings. The number of aliphatic hydroxyl groups is 1. The van der Waals surface area contributed by atoms with Crippen molar-refractivity contribution >= 4 is 15.9 Å². The molecule has 3 rings (SSSR count). The van der Waals surface area contributed by atoms with Crippen LogP contribution in [0.3, 0.4) is 0 Å². The Morgan fingerprint density at radius 3 is 2.62 bits per heavy atom. The molecule has 0 aliphatic carbocycles. The highest BCUT2D eigenvalue weighted by atomic mass is 32.2. The van der Waals surface area contributed by atoms with Gasteiger partial charge in [0, 0.05) is 6.54 Å². The van der Waals surface area contributed by atoms with Crippen molar-refractivity contribution in [3.63, 3.8) is 0 Å². The number of hydrogen-bond donors (Lipinski definition) is 3. The maximum absolute atomic E-state index is 13.2. The van der Waals surface area contributed by atoms with E-state index in [1.807, 2.05) is 0 Å². The molecule has 0 radical (unpaired) electrons. The number of hydrogen-bond acceptors (Lipinski definition) is 6. The Balaban J connectivity index is 1.74. The van der Waals surface area contributed by atoms with Gasteiger partial charge >= 0.3 is 0 Å². The molecular weight excluding hydrogens is 403 g/mol. The van der Waals surface area contributed by atoms with Gasteiger partial charge in [0.2, 0.25) is 10.0 Å². The molecule has 2 unspecified atom stereocenters. The number of rotatable bonds is 6. The number of carbonyl (C=O) groups is 1. The summed E-state index contributed by atoms with van der Waals surface area (Å²) >= 11 is 0. The van der Waals surface area contributed by atoms with Crippen molar-refractivity contribution < 1.29 is 32.7 Å². The predicted octanol–water partition coefficient (Wildman–Crippen LogP) is 1.42. The minimum atomic E-state index is -4.03. The van der Waals surface area contributed by atoms with Crippen LogP contribution in [0.1, 0.15) is 18.4 Å². The fourth-order valence-corrected chi connectivity index (χ4v) is 4.78. The zero-order valence-electron chi connectivity index (χ0n) is 15.4. The van der Waals surface area contributed by atoms with Crippen molar-refractivity contribution in [2.75, 3.05) is 6.54 Å². The first-order valence-electron chi connectivity index (χ1n) is 8.92. The van der Waals surface area contributed by atoms with E-state index < -0.39 is 28.1 Å². The Bertz CT molecular complexity index is 967. The van der Waals surface area contributed by atoms with Crippen LogP contribution in [0.5, 0.6) is 5.75 Å². The number of aliphatic hydroxyl groups excluding tert-OH is 1. The quantitative estimate of drug-likeness (QED) is 0.477. The third-order valence-corrected chi connectivity index (χ3v) is 6.59. The van der Waals surface area contributed by atoms with Crippen molar-refractivity contribution in [3.05, 3.63) is 59.9 Å². The van der Waals surface area contributed by atoms with E-state index in [-0.39, 0.29) is 36.7 Å². The lowest BCUT2D eigenvalue weighted by Crippen LogP contribution is -2.54. The maximum atomic E-state index is 13.2. The number of ether oxygens (including phenoxy) is 1. The van der Waals surface area contributed by atoms with E-state index in [0.29, 0.717) is 11.3 Å². The Kier molecular flexibility index (Phi) is 6.48. The Morgan fingerprint density at radius 2 is 1.97 bits per heavy atom. The molecular formula is C19H21FN2O6S. The lowest BCUT2D eigenvalue weighted by Gasteiger charge is -2.35. The van der Waals surface area contributed by atoms with Gasteiger partial charge in [-0.1, -0.05) is 12.1 Å². The molecule has 0 aromatic heterocycles. The van der Waals surface area contributed by atoms with Crippen LogP contribution in [-0.4, -0.2) is 47.6 Å². The highest BCUT2D eigenvalue weighted by Crippen LogP contribution is 2.27. The first-order chi connectivity index (χ1) is 13.8. The molecule has 1 amide bonds. The fraction of sp³-hybridized carbons (Fsp3) is 0.316. The maximum Gasteiger partial charge on any atom is 0.261 e. The summed E-state index contributed by atoms with van der Waals surface area (Å²) in [7, 11) is -4.03. The van der Waals surface area contributed by atoms with Gasteiger partial charge in [0.05, 0.1) is 11.0 Å². The summed E-state index contributed by atoms with van der Waals surface area (Å²) in [6.07, 6.45) is -0.758. The third-order valence-electron chi connectivity index (χ3n) is 4.66. The summed E-state index contributed by atoms with van der Waals surface area (Å²) in [6.45, 7) is 0.0615. The summed E-state index contributed by atoms with van der Waals surface area (Å²) < 4.78 is 45.6. The number of piperidine rings is 1. The van der Waals surface area contributed by atoms with Crippen LogP contribution in [0.15, 0.2) is 53.4 Å². The minimum Gasteiger partial charge on any atom is -0.489 e. The molecule has 0 saturated carbocycles. The molecule has 1 saturated heterocycles. The second-order valence-corrected chi connectivity index (χ2v) is 8.57. The largest absolute Gasteiger partial charge is 0.489 e. The number of nitrogens with one attached hydrogen (secondary N) is 1. The van der Waals surface area contributed by atoms with E-state index >= 15 is 0 Å². The first-order valence-corrected chi connectivity index (χ1v) is 10.4. The monoisotopic (exact) mass is 424 g/mol. The summed E-state index contributed by atoms with van der Waals surface area (Å²) in [5.41, 5.74) is 2.08. The zero-order valence-corrected chi connectivity index (χ0v) is 16.2. The summed E-state index contributed by atoms with van der Waals surface area (Å²) in [4.78, 5) is 11.8. The minimum absolute atomic E-state index is 0.0530. The third kappa shape index (κ3) is 4.91. The van der Waals surface area contributed by atoms with Crippen molar-refractivity contribution in [1.29, 1.82) is 0 Å². The van der Waals surface area contributed by atoms with Crippen molar-refractivity contribution in [3.8, 4) is 5.75 Å². The van der Waals surface area contributed by atoms with Crippen molar-refractivity contribution in [2.24, 2.45) is 0 Å². The first kappa shape index (κ1) is 21.2. The van der Waals surface area contributed by atoms with E-state index in [1.165, 1.54) is 41.9 Å². The molecule has 3 N–H and O–H groups in total. The SMILES string of the molecule is O=C(NO)C1CC(O)CCN1S(=O)(=O)c1ccc(OCc2cccc(F)c2)cc1. The zero-order chi connectivity index (χ0) is 21.0. The second-order valence-electron chi connectivity index (χ2n) is 6.68. The molecule has 1 aliphatic heterocycles. The highest BCUT2D eigenvalue weighted by molar-refractivity contribution is 7.89. The molecule has 0 spiro atoms. The molecule has 2 atom stereocenters. The lowest BCUT2D eigenvalue weighted by atomic mass is 10.0. The van der Waals surface area contributed by atoms with Gasteiger partial charge in [0.1, 0.15) is 24.2 Å². The second kappa shape index (κ2) is 8.87. The van der Waals surface area contributed by atoms with E-state index in [1.54, 1.807) is 12.1 Å². The van der Waals surface area contributed by atoms with Gasteiger partial charge in [-0.15, -0.1) is 0 Å². The molecule has 1 fully saturated rings. The van der Waals surface area contributed by atoms with Crippen LogP contribution in [-0.2, 0) is 21.4 Å². The number of halogens is 1. The summed E-state index contributed by atoms with van der Waals surface area (Å²) in [6, 6.07) is 10.3. The number of hydroxylamine groups is 1. The van der Waals surface area contributed by atoms with E-state index in [0.717, 1.165) is 4.31 Å². The van der Waals surface area contributed by atoms with E-state index in [9.17, 15) is 22.7 Å². The van der Waals surface area contributed by atoms with Crippen molar-refractivity contribution in [1.82, 2.24) is 9.79 Å². The van der Waals surface area contributed by atoms with Gasteiger partial charge < -0.3 is 9.84 Å². The number of amides is 1. The van der Waals surface area contributed by atoms with Gasteiger partial charge in [-0.25, -0.2) is 18.3 Å². The molecule has 156 valence electrons. The molecule has 2 aromatic carbocycles. The fourth-order valence-electron chi connectivity index (χ4n) is 3.16. The van der Waals surface area contributed by atoms with Gasteiger partial charge in [-0.05, 0) is 54.8 Å². The molecule has 0 bridgehead atoms. The molecule has 29 heavy (non-hydrogen) atoms. The number of benzene rings is 2. The highest BCUT2D eigenvalue weighted by Gasteiger charge is 2.40. The van der Waals surface area contributed by atoms with Crippen LogP contribution < -0.4 is 10.2 Å². The standard InChI is InChI=1S/C19H21FN2O6S/c20-14-3-1-2-13(10-14)12-28-16-4-6-17(7-5-16)29(26,27)22-9-8-15(23)11-18(22)19(24)21-25/h1-7,10,15,18,23,25H,8-9,11-12H2,(H,21,24). The average molecular weight is 424 g/mol. The number of sulfonamides is 1. The molecule has 10 heteroatoms. The Labute approximate surface area is 167 Å². The van der Waals surface area contributed by atoms with Gasteiger partial charge in [0.25, 0.3) is 5.91 Å². The average Bonchev–Trinajstić information content (AvgIpc) is 2.71. The molecule has 8 nitrogen and oxygen atoms in total. The van der Waals surface area contributed by atoms with Crippen LogP contribution in [0.25, 0.3) is 0 Å². The lowest BCUT2D eigenvalue weighted by molar-refractivity contribution is -0.135. The summed E-state index contributed by atoms with van der Waals surface area (Å²) in [5, 5.41) is 18.7. The topological polar surface area (TPSA) is 116 Å². The van der Waals surface area contributed by atoms with Crippen LogP contribution in [0.4, 0.5) is 4.39 Å². The van der Waals surface area contributed by atoms with Crippen LogP contribution in [0, 0.1) is 5.82 Å². The number of carbonyl (C=O) groups excluding carboxylic acids is 1.